The van der Waals surface area contributed by atoms with Crippen LogP contribution >= 0.6 is 0 Å². The average molecular weight is 549 g/mol. The van der Waals surface area contributed by atoms with Crippen molar-refractivity contribution in [2.75, 3.05) is 25.4 Å². The van der Waals surface area contributed by atoms with Crippen LogP contribution in [0.5, 0.6) is 5.75 Å². The van der Waals surface area contributed by atoms with Gasteiger partial charge in [0.2, 0.25) is 0 Å². The molecule has 0 saturated carbocycles. The van der Waals surface area contributed by atoms with Crippen LogP contribution < -0.4 is 11.1 Å². The second-order valence-electron chi connectivity index (χ2n) is 9.88. The number of aryl methyl sites for hydroxylation is 1. The number of piperidine rings is 1. The number of ketones is 1. The molecule has 3 aromatic rings. The average Bonchev–Trinajstić information content (AvgIpc) is 2.93. The molecule has 40 heavy (non-hydrogen) atoms. The van der Waals surface area contributed by atoms with Gasteiger partial charge in [-0.3, -0.25) is 9.59 Å². The van der Waals surface area contributed by atoms with Gasteiger partial charge < -0.3 is 25.8 Å². The van der Waals surface area contributed by atoms with Crippen LogP contribution in [-0.2, 0) is 4.74 Å². The first kappa shape index (κ1) is 28.5. The molecule has 2 heterocycles. The number of carbonyl (C=O) groups excluding carboxylic acids is 3. The van der Waals surface area contributed by atoms with E-state index in [1.54, 1.807) is 17.9 Å². The number of nitrogens with one attached hydrogen (secondary N) is 1. The highest BCUT2D eigenvalue weighted by atomic mass is 19.1. The number of rotatable bonds is 8. The third-order valence-corrected chi connectivity index (χ3v) is 6.89. The van der Waals surface area contributed by atoms with Crippen LogP contribution in [0.3, 0.4) is 0 Å². The van der Waals surface area contributed by atoms with Crippen LogP contribution in [-0.4, -0.2) is 58.5 Å². The summed E-state index contributed by atoms with van der Waals surface area (Å²) in [5, 5.41) is 13.4. The molecule has 210 valence electrons. The fourth-order valence-corrected chi connectivity index (χ4v) is 4.52. The van der Waals surface area contributed by atoms with Crippen LogP contribution in [0, 0.1) is 12.7 Å². The van der Waals surface area contributed by atoms with Gasteiger partial charge in [-0.15, -0.1) is 0 Å². The molecule has 1 aromatic heterocycles. The SMILES string of the molecule is CCCCOC(=O)N1CCC(NC(=O)c2ccc(-c3cc(C(=O)c4ccc(C)cc4F)ccc3O)nc2N)CC1. The number of phenols is 1. The van der Waals surface area contributed by atoms with Crippen molar-refractivity contribution in [3.63, 3.8) is 0 Å². The van der Waals surface area contributed by atoms with Gasteiger partial charge in [-0.05, 0) is 74.2 Å². The number of nitrogen functional groups attached to an aromatic ring is 1. The summed E-state index contributed by atoms with van der Waals surface area (Å²) in [5.41, 5.74) is 7.53. The lowest BCUT2D eigenvalue weighted by molar-refractivity contribution is 0.0836. The van der Waals surface area contributed by atoms with E-state index < -0.39 is 17.5 Å². The standard InChI is InChI=1S/C30H33FN4O5/c1-3-4-15-40-30(39)35-13-11-20(12-14-35)33-29(38)22-8-9-25(34-28(22)32)23-17-19(6-10-26(23)36)27(37)21-7-5-18(2)16-24(21)31/h5-10,16-17,20,36H,3-4,11-15H2,1-2H3,(H2,32,34)(H,33,38). The first-order valence-corrected chi connectivity index (χ1v) is 13.3. The predicted octanol–water partition coefficient (Wildman–Crippen LogP) is 4.85. The van der Waals surface area contributed by atoms with Crippen molar-refractivity contribution in [2.45, 2.75) is 45.6 Å². The maximum Gasteiger partial charge on any atom is 0.409 e. The Balaban J connectivity index is 1.43. The zero-order valence-electron chi connectivity index (χ0n) is 22.6. The Hall–Kier alpha value is -4.47. The molecule has 1 saturated heterocycles. The number of amides is 2. The van der Waals surface area contributed by atoms with Crippen LogP contribution in [0.4, 0.5) is 15.0 Å². The molecule has 0 unspecified atom stereocenters. The topological polar surface area (TPSA) is 135 Å². The number of unbranched alkanes of at least 4 members (excludes halogenated alkanes) is 1. The fourth-order valence-electron chi connectivity index (χ4n) is 4.52. The second-order valence-corrected chi connectivity index (χ2v) is 9.88. The number of anilines is 1. The van der Waals surface area contributed by atoms with Gasteiger partial charge in [-0.2, -0.15) is 0 Å². The smallest absolute Gasteiger partial charge is 0.409 e. The number of hydrogen-bond donors (Lipinski definition) is 3. The van der Waals surface area contributed by atoms with Crippen LogP contribution in [0.2, 0.25) is 0 Å². The van der Waals surface area contributed by atoms with E-state index in [0.717, 1.165) is 12.8 Å². The minimum absolute atomic E-state index is 0.0485. The molecule has 1 aliphatic heterocycles. The largest absolute Gasteiger partial charge is 0.507 e. The molecule has 0 aliphatic carbocycles. The number of carbonyl (C=O) groups is 3. The first-order chi connectivity index (χ1) is 19.2. The Morgan fingerprint density at radius 2 is 1.82 bits per heavy atom. The second kappa shape index (κ2) is 12.6. The monoisotopic (exact) mass is 548 g/mol. The first-order valence-electron chi connectivity index (χ1n) is 13.3. The van der Waals surface area contributed by atoms with Gasteiger partial charge in [0.25, 0.3) is 5.91 Å². The molecule has 9 nitrogen and oxygen atoms in total. The number of halogens is 1. The molecule has 1 fully saturated rings. The van der Waals surface area contributed by atoms with E-state index in [-0.39, 0.29) is 51.7 Å². The Morgan fingerprint density at radius 1 is 1.10 bits per heavy atom. The molecule has 2 aromatic carbocycles. The van der Waals surface area contributed by atoms with Gasteiger partial charge in [0.15, 0.2) is 5.78 Å². The Bertz CT molecular complexity index is 1420. The highest BCUT2D eigenvalue weighted by Gasteiger charge is 2.26. The minimum atomic E-state index is -0.630. The Kier molecular flexibility index (Phi) is 8.98. The van der Waals surface area contributed by atoms with E-state index in [4.69, 9.17) is 10.5 Å². The Morgan fingerprint density at radius 3 is 2.50 bits per heavy atom. The van der Waals surface area contributed by atoms with E-state index in [1.165, 1.54) is 42.5 Å². The summed E-state index contributed by atoms with van der Waals surface area (Å²) in [7, 11) is 0. The van der Waals surface area contributed by atoms with Gasteiger partial charge in [0.05, 0.1) is 23.4 Å². The van der Waals surface area contributed by atoms with E-state index in [1.807, 2.05) is 6.92 Å². The van der Waals surface area contributed by atoms with Gasteiger partial charge in [-0.25, -0.2) is 14.2 Å². The number of nitrogens with two attached hydrogens (primary N) is 1. The van der Waals surface area contributed by atoms with Gasteiger partial charge in [-0.1, -0.05) is 19.4 Å². The van der Waals surface area contributed by atoms with E-state index in [2.05, 4.69) is 10.3 Å². The summed E-state index contributed by atoms with van der Waals surface area (Å²) in [6, 6.07) is 11.4. The lowest BCUT2D eigenvalue weighted by Crippen LogP contribution is -2.46. The lowest BCUT2D eigenvalue weighted by Gasteiger charge is -2.31. The quantitative estimate of drug-likeness (QED) is 0.271. The number of nitrogens with zero attached hydrogens (tertiary/aromatic N) is 2. The lowest BCUT2D eigenvalue weighted by atomic mass is 9.98. The van der Waals surface area contributed by atoms with Crippen LogP contribution in [0.1, 0.15) is 64.4 Å². The molecule has 2 amide bonds. The molecule has 0 spiro atoms. The molecule has 4 N–H and O–H groups in total. The summed E-state index contributed by atoms with van der Waals surface area (Å²) < 4.78 is 19.6. The normalized spacial score (nSPS) is 13.6. The molecular weight excluding hydrogens is 515 g/mol. The maximum atomic E-state index is 14.4. The van der Waals surface area contributed by atoms with E-state index >= 15 is 0 Å². The fraction of sp³-hybridized carbons (Fsp3) is 0.333. The number of benzene rings is 2. The van der Waals surface area contributed by atoms with Crippen molar-refractivity contribution in [1.29, 1.82) is 0 Å². The van der Waals surface area contributed by atoms with Gasteiger partial charge in [0, 0.05) is 30.3 Å². The van der Waals surface area contributed by atoms with Crippen molar-refractivity contribution in [3.8, 4) is 17.0 Å². The number of pyridine rings is 1. The van der Waals surface area contributed by atoms with Crippen LogP contribution in [0.15, 0.2) is 48.5 Å². The molecular formula is C30H33FN4O5. The third kappa shape index (κ3) is 6.56. The predicted molar refractivity (Wildman–Crippen MR) is 149 cm³/mol. The zero-order chi connectivity index (χ0) is 28.8. The van der Waals surface area contributed by atoms with Gasteiger partial charge >= 0.3 is 6.09 Å². The van der Waals surface area contributed by atoms with Crippen molar-refractivity contribution in [3.05, 3.63) is 76.6 Å². The summed E-state index contributed by atoms with van der Waals surface area (Å²) in [4.78, 5) is 43.9. The van der Waals surface area contributed by atoms with Crippen molar-refractivity contribution < 1.29 is 28.6 Å². The number of phenolic OH excluding ortho intramolecular Hbond substituents is 1. The minimum Gasteiger partial charge on any atom is -0.507 e. The summed E-state index contributed by atoms with van der Waals surface area (Å²) >= 11 is 0. The number of aromatic nitrogens is 1. The molecule has 0 bridgehead atoms. The number of likely N-dealkylation sites (tertiary alicyclic amines) is 1. The van der Waals surface area contributed by atoms with Crippen LogP contribution in [0.25, 0.3) is 11.3 Å². The highest BCUT2D eigenvalue weighted by Crippen LogP contribution is 2.31. The molecule has 4 rings (SSSR count). The summed E-state index contributed by atoms with van der Waals surface area (Å²) in [5.74, 6) is -1.76. The number of hydrogen-bond acceptors (Lipinski definition) is 7. The molecule has 0 atom stereocenters. The number of aromatic hydroxyl groups is 1. The maximum absolute atomic E-state index is 14.4. The zero-order valence-corrected chi connectivity index (χ0v) is 22.6. The van der Waals surface area contributed by atoms with Crippen molar-refractivity contribution in [2.24, 2.45) is 0 Å². The van der Waals surface area contributed by atoms with E-state index in [9.17, 15) is 23.9 Å². The third-order valence-electron chi connectivity index (χ3n) is 6.89. The summed E-state index contributed by atoms with van der Waals surface area (Å²) in [6.45, 7) is 5.11. The molecule has 1 aliphatic rings. The van der Waals surface area contributed by atoms with Crippen molar-refractivity contribution >= 4 is 23.6 Å². The highest BCUT2D eigenvalue weighted by molar-refractivity contribution is 6.10. The molecule has 10 heteroatoms. The van der Waals surface area contributed by atoms with Gasteiger partial charge in [0.1, 0.15) is 17.4 Å². The van der Waals surface area contributed by atoms with E-state index in [0.29, 0.717) is 38.1 Å². The molecule has 0 radical (unpaired) electrons. The Labute approximate surface area is 232 Å². The van der Waals surface area contributed by atoms with Crippen molar-refractivity contribution in [1.82, 2.24) is 15.2 Å². The summed E-state index contributed by atoms with van der Waals surface area (Å²) in [6.07, 6.45) is 2.60. The number of ether oxygens (including phenoxy) is 1.